The van der Waals surface area contributed by atoms with E-state index in [-0.39, 0.29) is 80.0 Å². The molecule has 0 fully saturated rings. The zero-order chi connectivity index (χ0) is 98.5. The van der Waals surface area contributed by atoms with Crippen molar-refractivity contribution < 1.29 is 76.8 Å². The summed E-state index contributed by atoms with van der Waals surface area (Å²) in [7, 11) is 0. The van der Waals surface area contributed by atoms with Gasteiger partial charge in [0.05, 0.1) is 106 Å². The summed E-state index contributed by atoms with van der Waals surface area (Å²) >= 11 is 39.0. The predicted octanol–water partition coefficient (Wildman–Crippen LogP) is 19.9. The van der Waals surface area contributed by atoms with Crippen molar-refractivity contribution in [3.8, 4) is 34.5 Å². The molecule has 7 aromatic carbocycles. The molecule has 0 aliphatic heterocycles. The first kappa shape index (κ1) is 120. The number of Topliss-reactive ketones (excluding diaryl/α,β-unsaturated/α-hetero) is 1. The monoisotopic (exact) mass is 1980 g/mol. The first-order valence-corrected chi connectivity index (χ1v) is 45.6. The Bertz CT molecular complexity index is 6500. The molecule has 0 saturated carbocycles. The summed E-state index contributed by atoms with van der Waals surface area (Å²) in [4.78, 5) is 101. The number of nitrogens with zero attached hydrogens (tertiary/aromatic N) is 14. The molecule has 40 heteroatoms. The Hall–Kier alpha value is -13.1. The average Bonchev–Trinajstić information content (AvgIpc) is 1.63. The number of fused-ring (bicyclic) bond motifs is 3. The van der Waals surface area contributed by atoms with Gasteiger partial charge in [0.2, 0.25) is 0 Å². The van der Waals surface area contributed by atoms with E-state index >= 15 is 0 Å². The van der Waals surface area contributed by atoms with Crippen molar-refractivity contribution >= 4 is 178 Å². The third-order valence-corrected chi connectivity index (χ3v) is 19.5. The molecule has 135 heavy (non-hydrogen) atoms. The number of aromatic nitrogens is 13. The van der Waals surface area contributed by atoms with Gasteiger partial charge in [0.15, 0.2) is 16.9 Å². The Balaban J connectivity index is 0.000000783. The number of pyridine rings is 3. The molecule has 8 N–H and O–H groups in total. The van der Waals surface area contributed by atoms with Crippen LogP contribution in [0.25, 0.3) is 61.5 Å². The van der Waals surface area contributed by atoms with Crippen LogP contribution in [0, 0.1) is 87.5 Å². The van der Waals surface area contributed by atoms with Gasteiger partial charge in [-0.25, -0.2) is 38.4 Å². The van der Waals surface area contributed by atoms with Gasteiger partial charge >= 0.3 is 48.7 Å². The smallest absolute Gasteiger partial charge is 0.870 e. The van der Waals surface area contributed by atoms with Crippen molar-refractivity contribution in [2.75, 3.05) is 21.8 Å². The molecule has 0 radical (unpaired) electrons. The zero-order valence-corrected chi connectivity index (χ0v) is 82.2. The topological polar surface area (TPSA) is 457 Å². The number of rotatable bonds is 14. The predicted molar refractivity (Wildman–Crippen MR) is 525 cm³/mol. The van der Waals surface area contributed by atoms with Gasteiger partial charge in [-0.3, -0.25) is 20.0 Å². The van der Waals surface area contributed by atoms with Crippen molar-refractivity contribution in [3.05, 3.63) is 311 Å². The number of ketones is 1. The molecule has 0 unspecified atom stereocenters. The van der Waals surface area contributed by atoms with E-state index in [4.69, 9.17) is 102 Å². The third-order valence-electron chi connectivity index (χ3n) is 18.1. The van der Waals surface area contributed by atoms with E-state index in [0.29, 0.717) is 43.3 Å². The van der Waals surface area contributed by atoms with Crippen molar-refractivity contribution in [2.24, 2.45) is 5.84 Å². The number of hydrogen-bond acceptors (Lipinski definition) is 25. The summed E-state index contributed by atoms with van der Waals surface area (Å²) in [6, 6.07) is 63.1. The van der Waals surface area contributed by atoms with Gasteiger partial charge in [0.25, 0.3) is 5.91 Å². The van der Waals surface area contributed by atoms with E-state index < -0.39 is 5.20 Å². The second-order valence-corrected chi connectivity index (χ2v) is 36.3. The molecule has 0 saturated heterocycles. The second kappa shape index (κ2) is 61.6. The van der Waals surface area contributed by atoms with Crippen molar-refractivity contribution in [2.45, 2.75) is 137 Å². The number of benzene rings is 7. The van der Waals surface area contributed by atoms with Crippen LogP contribution in [-0.2, 0) is 54.1 Å². The molecular weight excluding hydrogens is 1890 g/mol. The van der Waals surface area contributed by atoms with E-state index in [1.165, 1.54) is 46.5 Å². The number of aryl methyl sites for hydroxylation is 12. The minimum absolute atomic E-state index is 0. The summed E-state index contributed by atoms with van der Waals surface area (Å²) in [5.74, 6) is 6.41. The van der Waals surface area contributed by atoms with Crippen LogP contribution in [-0.4, -0.2) is 106 Å². The van der Waals surface area contributed by atoms with Crippen LogP contribution in [0.15, 0.2) is 218 Å². The third kappa shape index (κ3) is 39.2. The van der Waals surface area contributed by atoms with Gasteiger partial charge in [-0.05, 0) is 245 Å². The van der Waals surface area contributed by atoms with E-state index in [1.807, 2.05) is 172 Å². The van der Waals surface area contributed by atoms with Crippen LogP contribution in [0.2, 0.25) is 20.1 Å². The van der Waals surface area contributed by atoms with Crippen LogP contribution < -0.4 is 46.5 Å². The first-order chi connectivity index (χ1) is 62.8. The Morgan fingerprint density at radius 2 is 0.800 bits per heavy atom. The van der Waals surface area contributed by atoms with Crippen LogP contribution >= 0.6 is 85.3 Å². The van der Waals surface area contributed by atoms with Crippen LogP contribution in [0.5, 0.6) is 0 Å². The number of nitrogens with two attached hydrogens (primary N) is 2. The number of amides is 1. The minimum Gasteiger partial charge on any atom is -0.870 e. The Morgan fingerprint density at radius 3 is 1.15 bits per heavy atom. The Morgan fingerprint density at radius 1 is 0.467 bits per heavy atom. The summed E-state index contributed by atoms with van der Waals surface area (Å²) < 4.78 is 18.6. The molecule has 8 aromatic heterocycles. The number of nitrogens with one attached hydrogen (secondary N) is 3. The average molecular weight is 1990 g/mol. The fourth-order valence-electron chi connectivity index (χ4n) is 11.6. The maximum atomic E-state index is 12.7. The molecule has 31 nitrogen and oxygen atoms in total. The number of hydrogen-bond donors (Lipinski definition) is 5. The van der Waals surface area contributed by atoms with E-state index in [9.17, 15) is 14.2 Å². The molecule has 15 aromatic rings. The van der Waals surface area contributed by atoms with Gasteiger partial charge in [-0.2, -0.15) is 69.1 Å². The van der Waals surface area contributed by atoms with E-state index in [2.05, 4.69) is 199 Å². The maximum Gasteiger partial charge on any atom is 1.00 e. The summed E-state index contributed by atoms with van der Waals surface area (Å²) in [5, 5.41) is 38.2. The molecule has 0 aliphatic rings. The van der Waals surface area contributed by atoms with Gasteiger partial charge in [-0.1, -0.05) is 186 Å². The molecule has 8 heterocycles. The maximum absolute atomic E-state index is 12.7. The minimum atomic E-state index is -3.22. The Kier molecular flexibility index (Phi) is 54.7. The molecular formula is C95H100Cl7LiN19O12P. The van der Waals surface area contributed by atoms with Gasteiger partial charge < -0.3 is 27.3 Å². The quantitative estimate of drug-likeness (QED) is 0.0292. The van der Waals surface area contributed by atoms with Crippen molar-refractivity contribution in [1.82, 2.24) is 63.9 Å². The van der Waals surface area contributed by atoms with Crippen molar-refractivity contribution in [3.63, 3.8) is 0 Å². The number of nitriles is 1. The SMILES string of the molecule is C.CC(=O)CC#N.CCC(=CNc1cc(C)nn1-c1ccc(C)cc1)CC.CCc1cnc2c(c(C)nn2-c2ccc(C)cc2)c1Cl.Cc1ccc(-n2nc(C)c3c(Cl)c(C(=O)Nc4ccc(Cl)cc4)cnc32)cc1.Cc1ccc(-n2nc(C)c3c(Cl)ccnc32)cc1.Cc1ccc(-n2nc(C)cc2N)cc1.Cc1ccc(NN)cc1.O=C=O.O=C=O.O=C=O.O=C=O.O=P(Cl)(Cl)Cl.[Li+].[OH-]. The van der Waals surface area contributed by atoms with Crippen LogP contribution in [0.1, 0.15) is 132 Å². The first-order valence-electron chi connectivity index (χ1n) is 39.7. The molecule has 0 aliphatic carbocycles. The van der Waals surface area contributed by atoms with Crippen LogP contribution in [0.3, 0.4) is 0 Å². The number of carbonyl (C=O) groups excluding carboxylic acids is 10. The number of halogens is 7. The van der Waals surface area contributed by atoms with Gasteiger partial charge in [-0.15, -0.1) is 0 Å². The largest absolute Gasteiger partial charge is 1.00 e. The summed E-state index contributed by atoms with van der Waals surface area (Å²) in [6.45, 7) is 29.9. The number of allylic oxidation sites excluding steroid dienone is 1. The molecule has 702 valence electrons. The standard InChI is InChI=1S/C21H16Cl2N4O.C17H23N3.C16H16ClN3.C14H12ClN3.C11H13N3.C7H10N2.C4H5NO.4CO2.CH4.Cl3OP.Li.H2O/c1-12-3-9-16(10-4-12)27-20-18(13(2)26-27)19(23)17(11-24-20)21(28)25-15-7-5-14(22)6-8-15;1-5-15(6-2)12-18-17-11-14(4)19-20(17)16-9-7-13(3)8-10-16;1-4-12-9-18-16-14(15(12)17)11(3)19-20(16)13-7-5-10(2)6-8-13;1-9-3-5-11(6-4-9)18-14-13(10(2)17-18)12(15)7-8-16-14;1-8-3-5-10(6-4-8)14-11(12)7-9(2)13-14;1-6-2-4-7(9-8)5-3-6;1-4(6)2-3-5;4*2-1-3;;1-5(2,3)4;;/h3-11H,1-2H3,(H,25,28);7-12,18H,5-6H2,1-4H3;5-9H,4H2,1-3H3;3-8H,1-2H3;3-7H,12H2,1-2H3;2-5,9H,8H2,1H3;2H2,1H3;;;;;1H4;;;1H2/q;;;;;;;;;;;;;+1;/p-1. The van der Waals surface area contributed by atoms with E-state index in [0.717, 1.165) is 120 Å². The second-order valence-electron chi connectivity index (χ2n) is 28.1. The number of nitrogen functional groups attached to an aromatic ring is 2. The zero-order valence-electron chi connectivity index (χ0n) is 76.0. The number of hydrazine groups is 1. The number of carbonyl (C=O) groups is 2. The van der Waals surface area contributed by atoms with E-state index in [1.54, 1.807) is 52.0 Å². The van der Waals surface area contributed by atoms with Gasteiger partial charge in [0.1, 0.15) is 17.4 Å². The normalized spacial score (nSPS) is 9.61. The molecule has 0 atom stereocenters. The fraction of sp³-hybridized carbons (Fsp3) is 0.211. The fourth-order valence-corrected chi connectivity index (χ4v) is 12.8. The van der Waals surface area contributed by atoms with Crippen LogP contribution in [0.4, 0.5) is 23.0 Å². The summed E-state index contributed by atoms with van der Waals surface area (Å²) in [5.41, 5.74) is 31.6. The molecule has 15 rings (SSSR count). The molecule has 1 amide bonds. The molecule has 0 spiro atoms. The van der Waals surface area contributed by atoms with Crippen molar-refractivity contribution in [1.29, 1.82) is 5.26 Å². The summed E-state index contributed by atoms with van der Waals surface area (Å²) in [6.07, 6.45) is 11.2. The van der Waals surface area contributed by atoms with Gasteiger partial charge in [0, 0.05) is 53.3 Å². The number of anilines is 4. The Labute approximate surface area is 828 Å². The molecule has 0 bridgehead atoms.